The Kier molecular flexibility index (Phi) is 3.56. The molecule has 2 rings (SSSR count). The zero-order valence-corrected chi connectivity index (χ0v) is 10.6. The minimum absolute atomic E-state index is 0.602. The lowest BCUT2D eigenvalue weighted by atomic mass is 10.0. The number of hydrogen-bond donors (Lipinski definition) is 1. The van der Waals surface area contributed by atoms with Crippen molar-refractivity contribution in [3.05, 3.63) is 69.3 Å². The van der Waals surface area contributed by atoms with Gasteiger partial charge in [0.25, 0.3) is 0 Å². The van der Waals surface area contributed by atoms with Gasteiger partial charge in [-0.1, -0.05) is 53.7 Å². The summed E-state index contributed by atoms with van der Waals surface area (Å²) in [4.78, 5) is 0. The zero-order chi connectivity index (χ0) is 11.4. The molecule has 2 aromatic rings. The fraction of sp³-hybridized carbons (Fsp3) is 0. The van der Waals surface area contributed by atoms with Crippen molar-refractivity contribution in [2.24, 2.45) is 5.16 Å². The standard InChI is InChI=1S/C13H10INO/c14-12-9-5-4-8-11(12)13(15-16)10-6-2-1-3-7-10/h1-9,16H. The van der Waals surface area contributed by atoms with Crippen molar-refractivity contribution >= 4 is 28.3 Å². The Morgan fingerprint density at radius 2 is 1.56 bits per heavy atom. The maximum Gasteiger partial charge on any atom is 0.118 e. The highest BCUT2D eigenvalue weighted by Crippen LogP contribution is 2.16. The third kappa shape index (κ3) is 2.24. The highest BCUT2D eigenvalue weighted by Gasteiger charge is 2.09. The van der Waals surface area contributed by atoms with E-state index in [2.05, 4.69) is 27.7 Å². The Bertz CT molecular complexity index is 508. The molecule has 16 heavy (non-hydrogen) atoms. The van der Waals surface area contributed by atoms with Gasteiger partial charge in [-0.15, -0.1) is 0 Å². The van der Waals surface area contributed by atoms with Gasteiger partial charge in [-0.2, -0.15) is 0 Å². The van der Waals surface area contributed by atoms with E-state index in [0.29, 0.717) is 5.71 Å². The van der Waals surface area contributed by atoms with Crippen LogP contribution >= 0.6 is 22.6 Å². The van der Waals surface area contributed by atoms with E-state index < -0.39 is 0 Å². The molecule has 0 aliphatic heterocycles. The molecule has 0 unspecified atom stereocenters. The van der Waals surface area contributed by atoms with Gasteiger partial charge in [0.05, 0.1) is 0 Å². The van der Waals surface area contributed by atoms with Gasteiger partial charge in [-0.25, -0.2) is 0 Å². The van der Waals surface area contributed by atoms with E-state index in [1.807, 2.05) is 54.6 Å². The minimum atomic E-state index is 0.602. The number of halogens is 1. The van der Waals surface area contributed by atoms with Crippen LogP contribution in [0.2, 0.25) is 0 Å². The van der Waals surface area contributed by atoms with Crippen LogP contribution in [0.1, 0.15) is 11.1 Å². The van der Waals surface area contributed by atoms with Crippen molar-refractivity contribution in [3.8, 4) is 0 Å². The molecule has 0 atom stereocenters. The smallest absolute Gasteiger partial charge is 0.118 e. The number of rotatable bonds is 2. The van der Waals surface area contributed by atoms with Gasteiger partial charge in [0.15, 0.2) is 0 Å². The second kappa shape index (κ2) is 5.12. The highest BCUT2D eigenvalue weighted by molar-refractivity contribution is 14.1. The van der Waals surface area contributed by atoms with E-state index in [-0.39, 0.29) is 0 Å². The Labute approximate surface area is 108 Å². The van der Waals surface area contributed by atoms with Gasteiger partial charge in [-0.3, -0.25) is 0 Å². The monoisotopic (exact) mass is 323 g/mol. The van der Waals surface area contributed by atoms with Gasteiger partial charge in [0.2, 0.25) is 0 Å². The molecule has 0 saturated carbocycles. The molecule has 0 aliphatic carbocycles. The van der Waals surface area contributed by atoms with Crippen molar-refractivity contribution in [1.82, 2.24) is 0 Å². The summed E-state index contributed by atoms with van der Waals surface area (Å²) in [5.41, 5.74) is 2.46. The highest BCUT2D eigenvalue weighted by atomic mass is 127. The third-order valence-corrected chi connectivity index (χ3v) is 3.22. The number of nitrogens with zero attached hydrogens (tertiary/aromatic N) is 1. The third-order valence-electron chi connectivity index (χ3n) is 2.28. The summed E-state index contributed by atoms with van der Waals surface area (Å²) in [5, 5.41) is 12.5. The lowest BCUT2D eigenvalue weighted by molar-refractivity contribution is 0.319. The van der Waals surface area contributed by atoms with E-state index in [1.165, 1.54) is 0 Å². The van der Waals surface area contributed by atoms with Crippen LogP contribution in [-0.4, -0.2) is 10.9 Å². The molecule has 0 spiro atoms. The van der Waals surface area contributed by atoms with Crippen molar-refractivity contribution in [1.29, 1.82) is 0 Å². The molecule has 3 heteroatoms. The van der Waals surface area contributed by atoms with Crippen molar-refractivity contribution < 1.29 is 5.21 Å². The SMILES string of the molecule is ON=C(c1ccccc1)c1ccccc1I. The molecule has 2 aromatic carbocycles. The first kappa shape index (κ1) is 11.1. The second-order valence-electron chi connectivity index (χ2n) is 3.29. The Morgan fingerprint density at radius 1 is 0.938 bits per heavy atom. The van der Waals surface area contributed by atoms with Gasteiger partial charge in [0, 0.05) is 14.7 Å². The zero-order valence-electron chi connectivity index (χ0n) is 8.47. The average Bonchev–Trinajstić information content (AvgIpc) is 2.34. The number of hydrogen-bond acceptors (Lipinski definition) is 2. The molecule has 2 nitrogen and oxygen atoms in total. The molecule has 0 heterocycles. The quantitative estimate of drug-likeness (QED) is 0.390. The predicted molar refractivity (Wildman–Crippen MR) is 73.0 cm³/mol. The maximum absolute atomic E-state index is 9.14. The van der Waals surface area contributed by atoms with E-state index in [4.69, 9.17) is 5.21 Å². The minimum Gasteiger partial charge on any atom is -0.410 e. The Morgan fingerprint density at radius 3 is 2.19 bits per heavy atom. The van der Waals surface area contributed by atoms with Crippen LogP contribution < -0.4 is 0 Å². The summed E-state index contributed by atoms with van der Waals surface area (Å²) in [6.07, 6.45) is 0. The van der Waals surface area contributed by atoms with Crippen molar-refractivity contribution in [2.75, 3.05) is 0 Å². The summed E-state index contributed by atoms with van der Waals surface area (Å²) in [5.74, 6) is 0. The lowest BCUT2D eigenvalue weighted by Gasteiger charge is -2.06. The van der Waals surface area contributed by atoms with Gasteiger partial charge in [0.1, 0.15) is 5.71 Å². The molecule has 0 amide bonds. The van der Waals surface area contributed by atoms with Crippen LogP contribution in [-0.2, 0) is 0 Å². The number of benzene rings is 2. The lowest BCUT2D eigenvalue weighted by Crippen LogP contribution is -2.05. The molecule has 0 aromatic heterocycles. The first-order valence-electron chi connectivity index (χ1n) is 4.85. The first-order chi connectivity index (χ1) is 7.83. The fourth-order valence-electron chi connectivity index (χ4n) is 1.52. The molecular weight excluding hydrogens is 313 g/mol. The number of oxime groups is 1. The van der Waals surface area contributed by atoms with Crippen LogP contribution in [0, 0.1) is 3.57 Å². The second-order valence-corrected chi connectivity index (χ2v) is 4.46. The topological polar surface area (TPSA) is 32.6 Å². The summed E-state index contributed by atoms with van der Waals surface area (Å²) >= 11 is 2.23. The van der Waals surface area contributed by atoms with Crippen LogP contribution in [0.5, 0.6) is 0 Å². The van der Waals surface area contributed by atoms with E-state index in [9.17, 15) is 0 Å². The van der Waals surface area contributed by atoms with E-state index in [1.54, 1.807) is 0 Å². The molecule has 0 radical (unpaired) electrons. The largest absolute Gasteiger partial charge is 0.410 e. The van der Waals surface area contributed by atoms with Crippen LogP contribution in [0.15, 0.2) is 59.8 Å². The summed E-state index contributed by atoms with van der Waals surface area (Å²) in [6.45, 7) is 0. The van der Waals surface area contributed by atoms with Gasteiger partial charge < -0.3 is 5.21 Å². The van der Waals surface area contributed by atoms with Gasteiger partial charge >= 0.3 is 0 Å². The predicted octanol–water partition coefficient (Wildman–Crippen LogP) is 3.52. The molecule has 1 N–H and O–H groups in total. The average molecular weight is 323 g/mol. The molecule has 0 saturated heterocycles. The summed E-state index contributed by atoms with van der Waals surface area (Å²) < 4.78 is 1.07. The van der Waals surface area contributed by atoms with E-state index >= 15 is 0 Å². The van der Waals surface area contributed by atoms with Crippen molar-refractivity contribution in [3.63, 3.8) is 0 Å². The van der Waals surface area contributed by atoms with E-state index in [0.717, 1.165) is 14.7 Å². The fourth-order valence-corrected chi connectivity index (χ4v) is 2.16. The first-order valence-corrected chi connectivity index (χ1v) is 5.93. The molecule has 0 bridgehead atoms. The Balaban J connectivity index is 2.51. The van der Waals surface area contributed by atoms with Crippen LogP contribution in [0.4, 0.5) is 0 Å². The Hall–Kier alpha value is -1.36. The van der Waals surface area contributed by atoms with Gasteiger partial charge in [-0.05, 0) is 28.7 Å². The molecule has 80 valence electrons. The summed E-state index contributed by atoms with van der Waals surface area (Å²) in [7, 11) is 0. The van der Waals surface area contributed by atoms with Crippen LogP contribution in [0.3, 0.4) is 0 Å². The van der Waals surface area contributed by atoms with Crippen molar-refractivity contribution in [2.45, 2.75) is 0 Å². The molecular formula is C13H10INO. The molecule has 0 aliphatic rings. The normalized spacial score (nSPS) is 11.4. The molecule has 0 fully saturated rings. The summed E-state index contributed by atoms with van der Waals surface area (Å²) in [6, 6.07) is 17.5. The van der Waals surface area contributed by atoms with Crippen LogP contribution in [0.25, 0.3) is 0 Å². The maximum atomic E-state index is 9.14.